The molecule has 5 nitrogen and oxygen atoms in total. The van der Waals surface area contributed by atoms with E-state index in [-0.39, 0.29) is 11.9 Å². The normalized spacial score (nSPS) is 26.8. The van der Waals surface area contributed by atoms with Crippen LogP contribution in [-0.4, -0.2) is 67.7 Å². The van der Waals surface area contributed by atoms with E-state index in [1.165, 1.54) is 0 Å². The second kappa shape index (κ2) is 6.33. The first-order chi connectivity index (χ1) is 8.25. The number of carbonyl (C=O) groups excluding carboxylic acids is 1. The van der Waals surface area contributed by atoms with Gasteiger partial charge in [-0.2, -0.15) is 0 Å². The molecule has 0 aliphatic carbocycles. The summed E-state index contributed by atoms with van der Waals surface area (Å²) in [4.78, 5) is 15.8. The molecular weight excluding hydrogens is 218 g/mol. The first kappa shape index (κ1) is 12.8. The predicted molar refractivity (Wildman–Crippen MR) is 65.7 cm³/mol. The summed E-state index contributed by atoms with van der Waals surface area (Å²) in [5, 5.41) is 0. The molecular formula is C12H23N3O2. The van der Waals surface area contributed by atoms with Crippen molar-refractivity contribution in [2.75, 3.05) is 45.9 Å². The van der Waals surface area contributed by atoms with Crippen molar-refractivity contribution in [3.8, 4) is 0 Å². The molecule has 2 aliphatic rings. The molecule has 0 bridgehead atoms. The van der Waals surface area contributed by atoms with Gasteiger partial charge in [-0.1, -0.05) is 0 Å². The molecule has 1 unspecified atom stereocenters. The minimum absolute atomic E-state index is 0.0572. The van der Waals surface area contributed by atoms with Gasteiger partial charge in [0.1, 0.15) is 0 Å². The number of rotatable bonds is 5. The molecule has 2 fully saturated rings. The summed E-state index contributed by atoms with van der Waals surface area (Å²) in [6.07, 6.45) is 2.76. The third-order valence-electron chi connectivity index (χ3n) is 3.50. The van der Waals surface area contributed by atoms with Gasteiger partial charge in [0.05, 0.1) is 13.2 Å². The highest BCUT2D eigenvalue weighted by Crippen LogP contribution is 2.10. The lowest BCUT2D eigenvalue weighted by molar-refractivity contribution is -0.127. The Morgan fingerprint density at radius 2 is 1.94 bits per heavy atom. The average molecular weight is 241 g/mol. The lowest BCUT2D eigenvalue weighted by Crippen LogP contribution is -2.37. The van der Waals surface area contributed by atoms with Crippen LogP contribution in [0.5, 0.6) is 0 Å². The molecule has 0 aromatic carbocycles. The first-order valence-electron chi connectivity index (χ1n) is 6.59. The zero-order valence-corrected chi connectivity index (χ0v) is 10.4. The maximum atomic E-state index is 11.5. The number of nitrogens with zero attached hydrogens (tertiary/aromatic N) is 2. The Balaban J connectivity index is 1.55. The summed E-state index contributed by atoms with van der Waals surface area (Å²) < 4.78 is 5.30. The molecule has 0 saturated carbocycles. The number of carbonyl (C=O) groups is 1. The van der Waals surface area contributed by atoms with Gasteiger partial charge in [-0.15, -0.1) is 0 Å². The van der Waals surface area contributed by atoms with Crippen LogP contribution in [-0.2, 0) is 9.53 Å². The van der Waals surface area contributed by atoms with Gasteiger partial charge in [0.25, 0.3) is 0 Å². The van der Waals surface area contributed by atoms with Crippen molar-refractivity contribution in [2.45, 2.75) is 25.3 Å². The topological polar surface area (TPSA) is 58.8 Å². The van der Waals surface area contributed by atoms with Gasteiger partial charge in [-0.05, 0) is 19.4 Å². The summed E-state index contributed by atoms with van der Waals surface area (Å²) >= 11 is 0. The van der Waals surface area contributed by atoms with Crippen molar-refractivity contribution in [1.82, 2.24) is 9.80 Å². The molecule has 0 aromatic rings. The maximum absolute atomic E-state index is 11.5. The van der Waals surface area contributed by atoms with Crippen LogP contribution in [0.1, 0.15) is 19.3 Å². The fourth-order valence-corrected chi connectivity index (χ4v) is 2.48. The standard InChI is InChI=1S/C12H23N3O2/c13-11-9-12(16)15(10-11)4-2-1-3-14-5-7-17-8-6-14/h11H,1-10,13H2. The highest BCUT2D eigenvalue weighted by Gasteiger charge is 2.25. The molecule has 0 aromatic heterocycles. The van der Waals surface area contributed by atoms with Crippen molar-refractivity contribution >= 4 is 5.91 Å². The Morgan fingerprint density at radius 1 is 1.24 bits per heavy atom. The van der Waals surface area contributed by atoms with Gasteiger partial charge >= 0.3 is 0 Å². The number of unbranched alkanes of at least 4 members (excludes halogenated alkanes) is 1. The van der Waals surface area contributed by atoms with Crippen LogP contribution < -0.4 is 5.73 Å². The third kappa shape index (κ3) is 3.94. The number of morpholine rings is 1. The number of likely N-dealkylation sites (tertiary alicyclic amines) is 1. The molecule has 17 heavy (non-hydrogen) atoms. The van der Waals surface area contributed by atoms with Crippen molar-refractivity contribution in [2.24, 2.45) is 5.73 Å². The van der Waals surface area contributed by atoms with E-state index < -0.39 is 0 Å². The van der Waals surface area contributed by atoms with Crippen LogP contribution >= 0.6 is 0 Å². The number of ether oxygens (including phenoxy) is 1. The molecule has 2 rings (SSSR count). The molecule has 2 heterocycles. The van der Waals surface area contributed by atoms with E-state index in [1.54, 1.807) is 0 Å². The van der Waals surface area contributed by atoms with Gasteiger partial charge in [-0.3, -0.25) is 9.69 Å². The minimum Gasteiger partial charge on any atom is -0.379 e. The minimum atomic E-state index is 0.0572. The van der Waals surface area contributed by atoms with E-state index >= 15 is 0 Å². The van der Waals surface area contributed by atoms with Crippen LogP contribution in [0.3, 0.4) is 0 Å². The van der Waals surface area contributed by atoms with Gasteiger partial charge in [-0.25, -0.2) is 0 Å². The second-order valence-electron chi connectivity index (χ2n) is 4.97. The SMILES string of the molecule is NC1CC(=O)N(CCCCN2CCOCC2)C1. The number of hydrogen-bond acceptors (Lipinski definition) is 4. The predicted octanol–water partition coefficient (Wildman–Crippen LogP) is -0.342. The molecule has 2 aliphatic heterocycles. The van der Waals surface area contributed by atoms with Crippen molar-refractivity contribution < 1.29 is 9.53 Å². The highest BCUT2D eigenvalue weighted by molar-refractivity contribution is 5.79. The van der Waals surface area contributed by atoms with Gasteiger partial charge in [0.2, 0.25) is 5.91 Å². The first-order valence-corrected chi connectivity index (χ1v) is 6.59. The molecule has 1 atom stereocenters. The summed E-state index contributed by atoms with van der Waals surface area (Å²) in [6, 6.07) is 0.0572. The van der Waals surface area contributed by atoms with Gasteiger partial charge in [0, 0.05) is 38.6 Å². The Morgan fingerprint density at radius 3 is 2.59 bits per heavy atom. The molecule has 1 amide bonds. The van der Waals surface area contributed by atoms with E-state index in [1.807, 2.05) is 4.90 Å². The van der Waals surface area contributed by atoms with Crippen molar-refractivity contribution in [1.29, 1.82) is 0 Å². The van der Waals surface area contributed by atoms with Crippen molar-refractivity contribution in [3.05, 3.63) is 0 Å². The quantitative estimate of drug-likeness (QED) is 0.669. The molecule has 0 radical (unpaired) electrons. The van der Waals surface area contributed by atoms with Crippen LogP contribution in [0, 0.1) is 0 Å². The van der Waals surface area contributed by atoms with Crippen LogP contribution in [0.15, 0.2) is 0 Å². The maximum Gasteiger partial charge on any atom is 0.224 e. The van der Waals surface area contributed by atoms with Gasteiger partial charge in [0.15, 0.2) is 0 Å². The van der Waals surface area contributed by atoms with E-state index in [0.717, 1.165) is 58.8 Å². The van der Waals surface area contributed by atoms with Crippen molar-refractivity contribution in [3.63, 3.8) is 0 Å². The van der Waals surface area contributed by atoms with E-state index in [9.17, 15) is 4.79 Å². The average Bonchev–Trinajstić information content (AvgIpc) is 2.65. The van der Waals surface area contributed by atoms with Crippen LogP contribution in [0.2, 0.25) is 0 Å². The van der Waals surface area contributed by atoms with Gasteiger partial charge < -0.3 is 15.4 Å². The highest BCUT2D eigenvalue weighted by atomic mass is 16.5. The van der Waals surface area contributed by atoms with E-state index in [2.05, 4.69) is 4.90 Å². The number of nitrogens with two attached hydrogens (primary N) is 1. The van der Waals surface area contributed by atoms with E-state index in [0.29, 0.717) is 6.42 Å². The Bertz CT molecular complexity index is 254. The summed E-state index contributed by atoms with van der Waals surface area (Å²) in [7, 11) is 0. The zero-order chi connectivity index (χ0) is 12.1. The van der Waals surface area contributed by atoms with Crippen LogP contribution in [0.25, 0.3) is 0 Å². The molecule has 0 spiro atoms. The molecule has 2 saturated heterocycles. The number of hydrogen-bond donors (Lipinski definition) is 1. The molecule has 2 N–H and O–H groups in total. The lowest BCUT2D eigenvalue weighted by Gasteiger charge is -2.26. The third-order valence-corrected chi connectivity index (χ3v) is 3.50. The Kier molecular flexibility index (Phi) is 4.76. The summed E-state index contributed by atoms with van der Waals surface area (Å²) in [5.74, 6) is 0.226. The Hall–Kier alpha value is -0.650. The second-order valence-corrected chi connectivity index (χ2v) is 4.97. The number of amides is 1. The smallest absolute Gasteiger partial charge is 0.224 e. The lowest BCUT2D eigenvalue weighted by atomic mass is 10.2. The molecule has 5 heteroatoms. The fourth-order valence-electron chi connectivity index (χ4n) is 2.48. The largest absolute Gasteiger partial charge is 0.379 e. The van der Waals surface area contributed by atoms with E-state index in [4.69, 9.17) is 10.5 Å². The molecule has 98 valence electrons. The fraction of sp³-hybridized carbons (Fsp3) is 0.917. The summed E-state index contributed by atoms with van der Waals surface area (Å²) in [5.41, 5.74) is 5.75. The monoisotopic (exact) mass is 241 g/mol. The Labute approximate surface area is 103 Å². The van der Waals surface area contributed by atoms with Crippen LogP contribution in [0.4, 0.5) is 0 Å². The zero-order valence-electron chi connectivity index (χ0n) is 10.4. The summed E-state index contributed by atoms with van der Waals surface area (Å²) in [6.45, 7) is 6.56.